The Morgan fingerprint density at radius 1 is 1.29 bits per heavy atom. The Bertz CT molecular complexity index is 849. The number of nitrogens with one attached hydrogen (secondary N) is 1. The van der Waals surface area contributed by atoms with E-state index in [9.17, 15) is 13.6 Å². The van der Waals surface area contributed by atoms with Gasteiger partial charge < -0.3 is 20.2 Å². The number of primary amides is 1. The molecule has 28 heavy (non-hydrogen) atoms. The Labute approximate surface area is 162 Å². The largest absolute Gasteiger partial charge is 0.501 e. The number of hydrogen-bond donors (Lipinski definition) is 2. The average Bonchev–Trinajstić information content (AvgIpc) is 3.08. The molecule has 0 atom stereocenters. The summed E-state index contributed by atoms with van der Waals surface area (Å²) < 4.78 is 38.4. The van der Waals surface area contributed by atoms with Crippen LogP contribution in [0.2, 0.25) is 0 Å². The molecule has 2 aromatic rings. The maximum atomic E-state index is 13.9. The Hall–Kier alpha value is -3.16. The molecular weight excluding hydrogens is 368 g/mol. The number of benzene rings is 1. The number of allylic oxidation sites excluding steroid dienone is 3. The number of ether oxygens (including phenoxy) is 1. The first kappa shape index (κ1) is 21.1. The Kier molecular flexibility index (Phi) is 7.74. The maximum absolute atomic E-state index is 13.9. The van der Waals surface area contributed by atoms with Crippen molar-refractivity contribution in [2.75, 3.05) is 19.0 Å². The van der Waals surface area contributed by atoms with Gasteiger partial charge in [-0.2, -0.15) is 0 Å². The molecule has 0 unspecified atom stereocenters. The molecule has 2 rings (SSSR count). The van der Waals surface area contributed by atoms with Gasteiger partial charge in [0.1, 0.15) is 17.2 Å². The number of hydrogen-bond acceptors (Lipinski definition) is 5. The van der Waals surface area contributed by atoms with Crippen molar-refractivity contribution < 1.29 is 22.7 Å². The van der Waals surface area contributed by atoms with Gasteiger partial charge in [0.05, 0.1) is 12.9 Å². The summed E-state index contributed by atoms with van der Waals surface area (Å²) in [5.74, 6) is -2.02. The monoisotopic (exact) mass is 391 g/mol. The van der Waals surface area contributed by atoms with Crippen molar-refractivity contribution in [3.05, 3.63) is 59.5 Å². The van der Waals surface area contributed by atoms with E-state index in [0.717, 1.165) is 37.2 Å². The van der Waals surface area contributed by atoms with Gasteiger partial charge in [0, 0.05) is 13.0 Å². The molecule has 0 spiro atoms. The lowest BCUT2D eigenvalue weighted by molar-refractivity contribution is 0.0996. The molecule has 0 bridgehead atoms. The zero-order chi connectivity index (χ0) is 20.5. The number of amides is 1. The fourth-order valence-electron chi connectivity index (χ4n) is 2.48. The van der Waals surface area contributed by atoms with E-state index in [1.807, 2.05) is 25.2 Å². The van der Waals surface area contributed by atoms with Gasteiger partial charge in [-0.25, -0.2) is 13.8 Å². The summed E-state index contributed by atoms with van der Waals surface area (Å²) in [6.45, 7) is 2.34. The Morgan fingerprint density at radius 3 is 2.61 bits per heavy atom. The Balaban J connectivity index is 2.04. The van der Waals surface area contributed by atoms with E-state index in [4.69, 9.17) is 14.9 Å². The number of nitrogens with zero attached hydrogens (tertiary/aromatic N) is 1. The first-order chi connectivity index (χ1) is 13.5. The topological polar surface area (TPSA) is 90.4 Å². The highest BCUT2D eigenvalue weighted by Crippen LogP contribution is 2.29. The van der Waals surface area contributed by atoms with Crippen LogP contribution in [0.5, 0.6) is 0 Å². The third kappa shape index (κ3) is 5.42. The number of methoxy groups -OCH3 is 1. The summed E-state index contributed by atoms with van der Waals surface area (Å²) in [6, 6.07) is 3.37. The van der Waals surface area contributed by atoms with E-state index in [2.05, 4.69) is 10.3 Å². The van der Waals surface area contributed by atoms with Gasteiger partial charge in [-0.05, 0) is 31.1 Å². The van der Waals surface area contributed by atoms with Crippen LogP contribution in [0.25, 0.3) is 11.5 Å². The van der Waals surface area contributed by atoms with Crippen LogP contribution in [-0.2, 0) is 4.74 Å². The van der Waals surface area contributed by atoms with Crippen molar-refractivity contribution in [1.29, 1.82) is 0 Å². The van der Waals surface area contributed by atoms with Crippen molar-refractivity contribution in [3.63, 3.8) is 0 Å². The van der Waals surface area contributed by atoms with Crippen LogP contribution in [0.15, 0.2) is 46.6 Å². The fraction of sp³-hybridized carbons (Fsp3) is 0.300. The van der Waals surface area contributed by atoms with Crippen LogP contribution in [0.4, 0.5) is 14.7 Å². The molecule has 0 aliphatic heterocycles. The van der Waals surface area contributed by atoms with Crippen LogP contribution in [0, 0.1) is 11.6 Å². The van der Waals surface area contributed by atoms with E-state index < -0.39 is 23.1 Å². The number of halogens is 2. The summed E-state index contributed by atoms with van der Waals surface area (Å²) in [7, 11) is 1.64. The number of anilines is 1. The normalized spacial score (nSPS) is 11.8. The molecule has 1 heterocycles. The van der Waals surface area contributed by atoms with E-state index in [0.29, 0.717) is 6.54 Å². The van der Waals surface area contributed by atoms with Gasteiger partial charge in [0.2, 0.25) is 11.8 Å². The van der Waals surface area contributed by atoms with Crippen LogP contribution >= 0.6 is 0 Å². The molecule has 1 aromatic heterocycles. The highest BCUT2D eigenvalue weighted by Gasteiger charge is 2.22. The molecule has 1 aromatic carbocycles. The first-order valence-electron chi connectivity index (χ1n) is 8.84. The smallest absolute Gasteiger partial charge is 0.273 e. The van der Waals surface area contributed by atoms with Crippen LogP contribution in [0.3, 0.4) is 0 Å². The summed E-state index contributed by atoms with van der Waals surface area (Å²) in [5, 5.41) is 2.84. The molecule has 0 aliphatic carbocycles. The number of aromatic nitrogens is 1. The van der Waals surface area contributed by atoms with Crippen molar-refractivity contribution in [3.8, 4) is 11.5 Å². The summed E-state index contributed by atoms with van der Waals surface area (Å²) in [4.78, 5) is 15.4. The molecule has 0 saturated carbocycles. The lowest BCUT2D eigenvalue weighted by atomic mass is 10.2. The summed E-state index contributed by atoms with van der Waals surface area (Å²) in [6.07, 6.45) is 8.29. The second kappa shape index (κ2) is 10.2. The number of nitrogens with two attached hydrogens (primary N) is 1. The van der Waals surface area contributed by atoms with Gasteiger partial charge in [-0.15, -0.1) is 0 Å². The minimum Gasteiger partial charge on any atom is -0.501 e. The van der Waals surface area contributed by atoms with Crippen LogP contribution in [-0.4, -0.2) is 24.5 Å². The van der Waals surface area contributed by atoms with Crippen molar-refractivity contribution in [2.45, 2.75) is 26.2 Å². The summed E-state index contributed by atoms with van der Waals surface area (Å²) in [5.41, 5.74) is 4.61. The second-order valence-corrected chi connectivity index (χ2v) is 5.82. The average molecular weight is 391 g/mol. The van der Waals surface area contributed by atoms with E-state index in [1.54, 1.807) is 7.11 Å². The highest BCUT2D eigenvalue weighted by atomic mass is 19.1. The third-order valence-corrected chi connectivity index (χ3v) is 3.90. The molecule has 0 saturated heterocycles. The molecule has 6 nitrogen and oxygen atoms in total. The minimum atomic E-state index is -0.866. The standard InChI is InChI=1S/C20H23F2N3O3/c1-3-13(27-2)9-6-4-5-7-12-24-20-17(18(23)26)25-19(28-20)16-14(21)10-8-11-15(16)22/h5,7-11,24H,3-4,6,12H2,1-2H3,(H2,23,26)/b7-5-,13-9+. The molecular formula is C20H23F2N3O3. The second-order valence-electron chi connectivity index (χ2n) is 5.82. The van der Waals surface area contributed by atoms with Crippen molar-refractivity contribution in [2.24, 2.45) is 5.73 Å². The maximum Gasteiger partial charge on any atom is 0.273 e. The van der Waals surface area contributed by atoms with Gasteiger partial charge in [-0.1, -0.05) is 25.1 Å². The quantitative estimate of drug-likeness (QED) is 0.356. The van der Waals surface area contributed by atoms with E-state index >= 15 is 0 Å². The molecule has 8 heteroatoms. The molecule has 150 valence electrons. The molecule has 0 fully saturated rings. The predicted octanol–water partition coefficient (Wildman–Crippen LogP) is 4.41. The SMILES string of the molecule is CC/C(=C\CC/C=C\CNc1oc(-c2c(F)cccc2F)nc1C(N)=O)OC. The number of carbonyl (C=O) groups is 1. The number of oxazole rings is 1. The van der Waals surface area contributed by atoms with Crippen molar-refractivity contribution >= 4 is 11.8 Å². The number of rotatable bonds is 10. The summed E-state index contributed by atoms with van der Waals surface area (Å²) >= 11 is 0. The minimum absolute atomic E-state index is 0.0395. The van der Waals surface area contributed by atoms with Crippen molar-refractivity contribution in [1.82, 2.24) is 4.98 Å². The fourth-order valence-corrected chi connectivity index (χ4v) is 2.48. The lowest BCUT2D eigenvalue weighted by Crippen LogP contribution is -2.14. The molecule has 3 N–H and O–H groups in total. The van der Waals surface area contributed by atoms with Gasteiger partial charge in [-0.3, -0.25) is 4.79 Å². The van der Waals surface area contributed by atoms with Gasteiger partial charge in [0.15, 0.2) is 5.69 Å². The molecule has 0 aliphatic rings. The number of carbonyl (C=O) groups excluding carboxylic acids is 1. The molecule has 1 amide bonds. The van der Waals surface area contributed by atoms with Crippen LogP contribution in [0.1, 0.15) is 36.7 Å². The molecule has 0 radical (unpaired) electrons. The van der Waals surface area contributed by atoms with Gasteiger partial charge >= 0.3 is 0 Å². The first-order valence-corrected chi connectivity index (χ1v) is 8.84. The zero-order valence-corrected chi connectivity index (χ0v) is 15.8. The zero-order valence-electron chi connectivity index (χ0n) is 15.8. The lowest BCUT2D eigenvalue weighted by Gasteiger charge is -2.01. The van der Waals surface area contributed by atoms with E-state index in [-0.39, 0.29) is 17.5 Å². The third-order valence-electron chi connectivity index (χ3n) is 3.90. The van der Waals surface area contributed by atoms with Gasteiger partial charge in [0.25, 0.3) is 5.91 Å². The predicted molar refractivity (Wildman–Crippen MR) is 103 cm³/mol. The van der Waals surface area contributed by atoms with E-state index in [1.165, 1.54) is 6.07 Å². The highest BCUT2D eigenvalue weighted by molar-refractivity contribution is 5.95. The Morgan fingerprint density at radius 2 is 2.00 bits per heavy atom. The van der Waals surface area contributed by atoms with Crippen LogP contribution < -0.4 is 11.1 Å². The number of unbranched alkanes of at least 4 members (excludes halogenated alkanes) is 1.